The maximum atomic E-state index is 13.1. The Morgan fingerprint density at radius 2 is 2.29 bits per heavy atom. The van der Waals surface area contributed by atoms with Crippen molar-refractivity contribution in [3.05, 3.63) is 29.8 Å². The molecule has 1 aromatic carbocycles. The van der Waals surface area contributed by atoms with Crippen LogP contribution in [0.1, 0.15) is 18.8 Å². The molecule has 0 bridgehead atoms. The minimum atomic E-state index is -0.289. The molecule has 0 fully saturated rings. The molecule has 0 spiro atoms. The Morgan fingerprint density at radius 1 is 1.53 bits per heavy atom. The van der Waals surface area contributed by atoms with E-state index >= 15 is 0 Å². The maximum absolute atomic E-state index is 13.1. The lowest BCUT2D eigenvalue weighted by Gasteiger charge is -2.15. The van der Waals surface area contributed by atoms with Gasteiger partial charge in [-0.1, -0.05) is 0 Å². The molecule has 0 aliphatic carbocycles. The van der Waals surface area contributed by atoms with Gasteiger partial charge in [0.05, 0.1) is 29.6 Å². The van der Waals surface area contributed by atoms with E-state index in [4.69, 9.17) is 16.3 Å². The van der Waals surface area contributed by atoms with Crippen molar-refractivity contribution in [2.45, 2.75) is 18.8 Å². The number of hydrogen-bond acceptors (Lipinski definition) is 2. The Balaban J connectivity index is 2.58. The second-order valence-corrected chi connectivity index (χ2v) is 4.24. The zero-order valence-corrected chi connectivity index (χ0v) is 10.5. The van der Waals surface area contributed by atoms with E-state index in [9.17, 15) is 4.39 Å². The summed E-state index contributed by atoms with van der Waals surface area (Å²) < 4.78 is 20.2. The van der Waals surface area contributed by atoms with Crippen LogP contribution in [0.25, 0.3) is 11.0 Å². The average molecular weight is 257 g/mol. The molecule has 1 heterocycles. The van der Waals surface area contributed by atoms with Gasteiger partial charge in [-0.15, -0.1) is 11.6 Å². The normalized spacial score (nSPS) is 13.2. The highest BCUT2D eigenvalue weighted by molar-refractivity contribution is 6.16. The molecular formula is C12H14ClFN2O. The predicted molar refractivity (Wildman–Crippen MR) is 65.8 cm³/mol. The molecule has 1 unspecified atom stereocenters. The van der Waals surface area contributed by atoms with Crippen LogP contribution in [0.4, 0.5) is 4.39 Å². The number of alkyl halides is 1. The van der Waals surface area contributed by atoms with Crippen molar-refractivity contribution in [3.63, 3.8) is 0 Å². The second kappa shape index (κ2) is 5.02. The zero-order valence-electron chi connectivity index (χ0n) is 9.78. The Kier molecular flexibility index (Phi) is 3.64. The number of imidazole rings is 1. The lowest BCUT2D eigenvalue weighted by atomic mass is 10.2. The lowest BCUT2D eigenvalue weighted by molar-refractivity contribution is 0.163. The van der Waals surface area contributed by atoms with Gasteiger partial charge in [0.2, 0.25) is 0 Å². The van der Waals surface area contributed by atoms with Gasteiger partial charge < -0.3 is 9.30 Å². The number of methoxy groups -OCH3 is 1. The first-order chi connectivity index (χ1) is 8.17. The molecule has 0 amide bonds. The number of fused-ring (bicyclic) bond motifs is 1. The first-order valence-electron chi connectivity index (χ1n) is 5.38. The molecule has 0 radical (unpaired) electrons. The molecule has 17 heavy (non-hydrogen) atoms. The van der Waals surface area contributed by atoms with Crippen LogP contribution in [0.15, 0.2) is 18.2 Å². The number of nitrogens with zero attached hydrogens (tertiary/aromatic N) is 2. The molecule has 2 aromatic rings. The van der Waals surface area contributed by atoms with E-state index < -0.39 is 0 Å². The Hall–Kier alpha value is -1.13. The molecule has 0 saturated heterocycles. The Labute approximate surface area is 104 Å². The highest BCUT2D eigenvalue weighted by Crippen LogP contribution is 2.23. The van der Waals surface area contributed by atoms with Crippen molar-refractivity contribution in [2.24, 2.45) is 0 Å². The zero-order chi connectivity index (χ0) is 12.4. The summed E-state index contributed by atoms with van der Waals surface area (Å²) in [7, 11) is 1.65. The number of halogens is 2. The van der Waals surface area contributed by atoms with Gasteiger partial charge in [-0.2, -0.15) is 0 Å². The number of benzene rings is 1. The van der Waals surface area contributed by atoms with E-state index in [1.54, 1.807) is 13.2 Å². The summed E-state index contributed by atoms with van der Waals surface area (Å²) in [6, 6.07) is 4.68. The van der Waals surface area contributed by atoms with Crippen molar-refractivity contribution < 1.29 is 9.13 Å². The molecule has 5 heteroatoms. The molecule has 0 saturated carbocycles. The Bertz CT molecular complexity index is 526. The second-order valence-electron chi connectivity index (χ2n) is 3.97. The highest BCUT2D eigenvalue weighted by atomic mass is 35.5. The van der Waals surface area contributed by atoms with Crippen LogP contribution in [-0.2, 0) is 10.6 Å². The predicted octanol–water partition coefficient (Wildman–Crippen LogP) is 3.12. The lowest BCUT2D eigenvalue weighted by Crippen LogP contribution is -2.13. The average Bonchev–Trinajstić information content (AvgIpc) is 2.66. The van der Waals surface area contributed by atoms with Gasteiger partial charge in [0.1, 0.15) is 11.6 Å². The van der Waals surface area contributed by atoms with Gasteiger partial charge in [-0.05, 0) is 19.1 Å². The molecule has 0 N–H and O–H groups in total. The molecule has 0 aliphatic heterocycles. The molecule has 0 aliphatic rings. The van der Waals surface area contributed by atoms with Crippen LogP contribution in [0.5, 0.6) is 0 Å². The quantitative estimate of drug-likeness (QED) is 0.786. The van der Waals surface area contributed by atoms with Gasteiger partial charge in [0, 0.05) is 13.2 Å². The molecule has 1 atom stereocenters. The van der Waals surface area contributed by atoms with Gasteiger partial charge in [0.15, 0.2) is 0 Å². The SMILES string of the molecule is COCC(C)n1c(CCl)nc2cc(F)ccc21. The number of rotatable bonds is 4. The van der Waals surface area contributed by atoms with Crippen LogP contribution in [0.3, 0.4) is 0 Å². The third kappa shape index (κ3) is 2.28. The third-order valence-electron chi connectivity index (χ3n) is 2.69. The summed E-state index contributed by atoms with van der Waals surface area (Å²) >= 11 is 5.87. The van der Waals surface area contributed by atoms with E-state index in [0.29, 0.717) is 18.0 Å². The monoisotopic (exact) mass is 256 g/mol. The minimum absolute atomic E-state index is 0.115. The fourth-order valence-corrected chi connectivity index (χ4v) is 2.21. The first kappa shape index (κ1) is 12.3. The highest BCUT2D eigenvalue weighted by Gasteiger charge is 2.15. The van der Waals surface area contributed by atoms with Crippen LogP contribution in [0, 0.1) is 5.82 Å². The van der Waals surface area contributed by atoms with E-state index in [-0.39, 0.29) is 11.9 Å². The van der Waals surface area contributed by atoms with Crippen molar-refractivity contribution in [3.8, 4) is 0 Å². The fourth-order valence-electron chi connectivity index (χ4n) is 2.02. The molecular weight excluding hydrogens is 243 g/mol. The maximum Gasteiger partial charge on any atom is 0.125 e. The van der Waals surface area contributed by atoms with Crippen molar-refractivity contribution in [1.29, 1.82) is 0 Å². The molecule has 3 nitrogen and oxygen atoms in total. The van der Waals surface area contributed by atoms with E-state index in [1.807, 2.05) is 11.5 Å². The molecule has 2 rings (SSSR count). The Morgan fingerprint density at radius 3 is 2.94 bits per heavy atom. The summed E-state index contributed by atoms with van der Waals surface area (Å²) in [6.07, 6.45) is 0. The van der Waals surface area contributed by atoms with E-state index in [2.05, 4.69) is 4.98 Å². The summed E-state index contributed by atoms with van der Waals surface area (Å²) in [6.45, 7) is 2.58. The largest absolute Gasteiger partial charge is 0.383 e. The van der Waals surface area contributed by atoms with Gasteiger partial charge >= 0.3 is 0 Å². The summed E-state index contributed by atoms with van der Waals surface area (Å²) in [4.78, 5) is 4.33. The van der Waals surface area contributed by atoms with E-state index in [1.165, 1.54) is 12.1 Å². The summed E-state index contributed by atoms with van der Waals surface area (Å²) in [5.41, 5.74) is 1.51. The van der Waals surface area contributed by atoms with Crippen LogP contribution >= 0.6 is 11.6 Å². The third-order valence-corrected chi connectivity index (χ3v) is 2.93. The molecule has 1 aromatic heterocycles. The van der Waals surface area contributed by atoms with Crippen LogP contribution in [-0.4, -0.2) is 23.3 Å². The van der Waals surface area contributed by atoms with E-state index in [0.717, 1.165) is 11.3 Å². The minimum Gasteiger partial charge on any atom is -0.383 e. The van der Waals surface area contributed by atoms with Gasteiger partial charge in [-0.3, -0.25) is 0 Å². The number of ether oxygens (including phenoxy) is 1. The van der Waals surface area contributed by atoms with Crippen molar-refractivity contribution in [1.82, 2.24) is 9.55 Å². The van der Waals surface area contributed by atoms with Gasteiger partial charge in [-0.25, -0.2) is 9.37 Å². The fraction of sp³-hybridized carbons (Fsp3) is 0.417. The molecule has 92 valence electrons. The smallest absolute Gasteiger partial charge is 0.125 e. The van der Waals surface area contributed by atoms with Crippen molar-refractivity contribution >= 4 is 22.6 Å². The summed E-state index contributed by atoms with van der Waals surface area (Å²) in [5, 5.41) is 0. The van der Waals surface area contributed by atoms with Crippen molar-refractivity contribution in [2.75, 3.05) is 13.7 Å². The standard InChI is InChI=1S/C12H14ClFN2O/c1-8(7-17-2)16-11-4-3-9(14)5-10(11)15-12(16)6-13/h3-5,8H,6-7H2,1-2H3. The number of aromatic nitrogens is 2. The number of hydrogen-bond donors (Lipinski definition) is 0. The van der Waals surface area contributed by atoms with Crippen LogP contribution < -0.4 is 0 Å². The van der Waals surface area contributed by atoms with Gasteiger partial charge in [0.25, 0.3) is 0 Å². The topological polar surface area (TPSA) is 27.1 Å². The van der Waals surface area contributed by atoms with Crippen LogP contribution in [0.2, 0.25) is 0 Å². The summed E-state index contributed by atoms with van der Waals surface area (Å²) in [5.74, 6) is 0.740. The first-order valence-corrected chi connectivity index (χ1v) is 5.92.